The third-order valence-electron chi connectivity index (χ3n) is 3.01. The van der Waals surface area contributed by atoms with Crippen LogP contribution >= 0.6 is 0 Å². The number of amidine groups is 1. The molecule has 6 heteroatoms. The van der Waals surface area contributed by atoms with Crippen LogP contribution in [0.15, 0.2) is 23.4 Å². The lowest BCUT2D eigenvalue weighted by atomic mass is 10.1. The summed E-state index contributed by atoms with van der Waals surface area (Å²) < 4.78 is 13.4. The maximum absolute atomic E-state index is 13.4. The Labute approximate surface area is 112 Å². The third-order valence-corrected chi connectivity index (χ3v) is 3.01. The maximum atomic E-state index is 13.4. The van der Waals surface area contributed by atoms with Gasteiger partial charge in [-0.05, 0) is 44.8 Å². The molecule has 1 aromatic rings. The van der Waals surface area contributed by atoms with Crippen molar-refractivity contribution in [3.05, 3.63) is 35.1 Å². The summed E-state index contributed by atoms with van der Waals surface area (Å²) in [6.07, 6.45) is 0. The smallest absolute Gasteiger partial charge is 0.170 e. The molecule has 19 heavy (non-hydrogen) atoms. The first-order valence-corrected chi connectivity index (χ1v) is 6.08. The summed E-state index contributed by atoms with van der Waals surface area (Å²) in [5.74, 6) is -0.496. The van der Waals surface area contributed by atoms with E-state index in [-0.39, 0.29) is 5.84 Å². The highest BCUT2D eigenvalue weighted by atomic mass is 19.1. The van der Waals surface area contributed by atoms with Crippen LogP contribution < -0.4 is 11.1 Å². The molecule has 1 unspecified atom stereocenters. The lowest BCUT2D eigenvalue weighted by molar-refractivity contribution is 0.302. The summed E-state index contributed by atoms with van der Waals surface area (Å²) in [6, 6.07) is 4.76. The molecule has 0 fully saturated rings. The number of rotatable bonds is 6. The van der Waals surface area contributed by atoms with Crippen LogP contribution in [-0.4, -0.2) is 42.6 Å². The Morgan fingerprint density at radius 2 is 2.16 bits per heavy atom. The lowest BCUT2D eigenvalue weighted by Crippen LogP contribution is -2.35. The summed E-state index contributed by atoms with van der Waals surface area (Å²) >= 11 is 0. The van der Waals surface area contributed by atoms with Crippen LogP contribution in [0.3, 0.4) is 0 Å². The molecule has 0 aliphatic carbocycles. The van der Waals surface area contributed by atoms with E-state index in [4.69, 9.17) is 10.9 Å². The molecule has 0 radical (unpaired) electrons. The lowest BCUT2D eigenvalue weighted by Gasteiger charge is -2.20. The summed E-state index contributed by atoms with van der Waals surface area (Å²) in [7, 11) is 4.01. The van der Waals surface area contributed by atoms with Crippen molar-refractivity contribution in [1.82, 2.24) is 10.2 Å². The number of nitrogens with zero attached hydrogens (tertiary/aromatic N) is 2. The molecule has 1 aromatic carbocycles. The number of hydrogen-bond acceptors (Lipinski definition) is 4. The van der Waals surface area contributed by atoms with Gasteiger partial charge in [-0.1, -0.05) is 5.16 Å². The number of nitrogens with two attached hydrogens (primary N) is 1. The van der Waals surface area contributed by atoms with Gasteiger partial charge in [0.15, 0.2) is 5.84 Å². The van der Waals surface area contributed by atoms with E-state index >= 15 is 0 Å². The highest BCUT2D eigenvalue weighted by Crippen LogP contribution is 2.09. The molecule has 4 N–H and O–H groups in total. The van der Waals surface area contributed by atoms with Crippen molar-refractivity contribution in [2.45, 2.75) is 19.5 Å². The van der Waals surface area contributed by atoms with Gasteiger partial charge in [0.25, 0.3) is 0 Å². The van der Waals surface area contributed by atoms with E-state index in [1.807, 2.05) is 14.1 Å². The average Bonchev–Trinajstić information content (AvgIpc) is 2.36. The minimum Gasteiger partial charge on any atom is -0.409 e. The van der Waals surface area contributed by atoms with E-state index < -0.39 is 5.82 Å². The van der Waals surface area contributed by atoms with Crippen molar-refractivity contribution in [2.75, 3.05) is 20.6 Å². The normalized spacial score (nSPS) is 13.8. The number of nitrogens with one attached hydrogen (secondary N) is 1. The molecule has 0 aliphatic heterocycles. The second-order valence-corrected chi connectivity index (χ2v) is 4.78. The fourth-order valence-electron chi connectivity index (χ4n) is 1.57. The van der Waals surface area contributed by atoms with Crippen LogP contribution in [0.1, 0.15) is 18.1 Å². The van der Waals surface area contributed by atoms with E-state index in [9.17, 15) is 4.39 Å². The molecule has 0 amide bonds. The van der Waals surface area contributed by atoms with Gasteiger partial charge in [0.2, 0.25) is 0 Å². The first kappa shape index (κ1) is 15.4. The molecular weight excluding hydrogens is 247 g/mol. The highest BCUT2D eigenvalue weighted by molar-refractivity contribution is 5.97. The van der Waals surface area contributed by atoms with E-state index in [0.717, 1.165) is 12.1 Å². The molecule has 106 valence electrons. The summed E-state index contributed by atoms with van der Waals surface area (Å²) in [6.45, 7) is 3.42. The molecule has 0 saturated heterocycles. The van der Waals surface area contributed by atoms with E-state index in [0.29, 0.717) is 18.2 Å². The Bertz CT molecular complexity index is 448. The molecule has 0 bridgehead atoms. The van der Waals surface area contributed by atoms with Gasteiger partial charge in [0, 0.05) is 24.7 Å². The predicted octanol–water partition coefficient (Wildman–Crippen LogP) is 0.960. The summed E-state index contributed by atoms with van der Waals surface area (Å²) in [5.41, 5.74) is 6.59. The largest absolute Gasteiger partial charge is 0.409 e. The molecule has 0 aliphatic rings. The topological polar surface area (TPSA) is 73.9 Å². The fraction of sp³-hybridized carbons (Fsp3) is 0.462. The number of hydrogen-bond donors (Lipinski definition) is 3. The maximum Gasteiger partial charge on any atom is 0.170 e. The monoisotopic (exact) mass is 268 g/mol. The molecule has 0 spiro atoms. The van der Waals surface area contributed by atoms with Crippen molar-refractivity contribution < 1.29 is 9.60 Å². The number of likely N-dealkylation sites (N-methyl/N-ethyl adjacent to an activating group) is 1. The van der Waals surface area contributed by atoms with Gasteiger partial charge >= 0.3 is 0 Å². The van der Waals surface area contributed by atoms with Gasteiger partial charge in [-0.3, -0.25) is 0 Å². The Hall–Kier alpha value is -1.66. The van der Waals surface area contributed by atoms with Crippen LogP contribution in [0.25, 0.3) is 0 Å². The Morgan fingerprint density at radius 1 is 1.47 bits per heavy atom. The first-order chi connectivity index (χ1) is 8.93. The average molecular weight is 268 g/mol. The minimum absolute atomic E-state index is 0.0950. The van der Waals surface area contributed by atoms with Gasteiger partial charge in [-0.2, -0.15) is 0 Å². The van der Waals surface area contributed by atoms with Crippen molar-refractivity contribution in [2.24, 2.45) is 10.9 Å². The van der Waals surface area contributed by atoms with E-state index in [1.54, 1.807) is 6.07 Å². The first-order valence-electron chi connectivity index (χ1n) is 6.08. The van der Waals surface area contributed by atoms with Gasteiger partial charge in [0.05, 0.1) is 0 Å². The Kier molecular flexibility index (Phi) is 5.72. The zero-order valence-corrected chi connectivity index (χ0v) is 11.5. The third kappa shape index (κ3) is 4.84. The predicted molar refractivity (Wildman–Crippen MR) is 73.8 cm³/mol. The molecule has 5 nitrogen and oxygen atoms in total. The van der Waals surface area contributed by atoms with Crippen LogP contribution in [-0.2, 0) is 6.54 Å². The van der Waals surface area contributed by atoms with Crippen molar-refractivity contribution in [1.29, 1.82) is 0 Å². The van der Waals surface area contributed by atoms with Crippen LogP contribution in [0.2, 0.25) is 0 Å². The highest BCUT2D eigenvalue weighted by Gasteiger charge is 2.06. The van der Waals surface area contributed by atoms with E-state index in [2.05, 4.69) is 22.3 Å². The minimum atomic E-state index is -0.401. The van der Waals surface area contributed by atoms with Crippen LogP contribution in [0, 0.1) is 5.82 Å². The Balaban J connectivity index is 2.66. The van der Waals surface area contributed by atoms with Gasteiger partial charge < -0.3 is 21.2 Å². The molecule has 0 saturated carbocycles. The molecule has 0 aromatic heterocycles. The van der Waals surface area contributed by atoms with Crippen molar-refractivity contribution in [3.8, 4) is 0 Å². The number of benzene rings is 1. The Morgan fingerprint density at radius 3 is 2.74 bits per heavy atom. The standard InChI is InChI=1S/C13H21FN4O/c1-9(18(2)3)7-16-8-10-4-11(13(15)17-19)6-12(14)5-10/h4-6,9,16,19H,7-8H2,1-3H3,(H2,15,17). The second-order valence-electron chi connectivity index (χ2n) is 4.78. The van der Waals surface area contributed by atoms with E-state index in [1.165, 1.54) is 12.1 Å². The van der Waals surface area contributed by atoms with Gasteiger partial charge in [-0.15, -0.1) is 0 Å². The molecule has 1 rings (SSSR count). The fourth-order valence-corrected chi connectivity index (χ4v) is 1.57. The summed E-state index contributed by atoms with van der Waals surface area (Å²) in [4.78, 5) is 2.10. The van der Waals surface area contributed by atoms with Crippen molar-refractivity contribution >= 4 is 5.84 Å². The van der Waals surface area contributed by atoms with Gasteiger partial charge in [-0.25, -0.2) is 4.39 Å². The molecular formula is C13H21FN4O. The van der Waals surface area contributed by atoms with Crippen molar-refractivity contribution in [3.63, 3.8) is 0 Å². The number of halogens is 1. The van der Waals surface area contributed by atoms with Crippen LogP contribution in [0.4, 0.5) is 4.39 Å². The van der Waals surface area contributed by atoms with Gasteiger partial charge in [0.1, 0.15) is 5.82 Å². The summed E-state index contributed by atoms with van der Waals surface area (Å²) in [5, 5.41) is 14.7. The zero-order chi connectivity index (χ0) is 14.4. The SMILES string of the molecule is CC(CNCc1cc(F)cc(/C(N)=N/O)c1)N(C)C. The number of oxime groups is 1. The molecule has 1 atom stereocenters. The second kappa shape index (κ2) is 7.06. The zero-order valence-electron chi connectivity index (χ0n) is 11.5. The molecule has 0 heterocycles. The van der Waals surface area contributed by atoms with Crippen LogP contribution in [0.5, 0.6) is 0 Å². The quantitative estimate of drug-likeness (QED) is 0.311.